The highest BCUT2D eigenvalue weighted by atomic mass is 16.5. The average molecular weight is 307 g/mol. The number of allylic oxidation sites excluding steroid dienone is 1. The van der Waals surface area contributed by atoms with Crippen LogP contribution in [0.3, 0.4) is 0 Å². The summed E-state index contributed by atoms with van der Waals surface area (Å²) in [7, 11) is 1.42. The van der Waals surface area contributed by atoms with E-state index >= 15 is 0 Å². The van der Waals surface area contributed by atoms with Gasteiger partial charge in [0.25, 0.3) is 5.91 Å². The molecule has 8 nitrogen and oxygen atoms in total. The van der Waals surface area contributed by atoms with Gasteiger partial charge < -0.3 is 25.3 Å². The lowest BCUT2D eigenvalue weighted by Crippen LogP contribution is -2.46. The van der Waals surface area contributed by atoms with Crippen LogP contribution in [0, 0.1) is 0 Å². The summed E-state index contributed by atoms with van der Waals surface area (Å²) in [4.78, 5) is 22.8. The Labute approximate surface area is 127 Å². The van der Waals surface area contributed by atoms with Crippen LogP contribution in [0.15, 0.2) is 23.9 Å². The summed E-state index contributed by atoms with van der Waals surface area (Å²) in [6, 6.07) is 2.72. The number of hydrogen-bond donors (Lipinski definition) is 4. The van der Waals surface area contributed by atoms with Gasteiger partial charge in [-0.25, -0.2) is 5.43 Å². The minimum Gasteiger partial charge on any atom is -0.507 e. The van der Waals surface area contributed by atoms with Crippen LogP contribution in [0.5, 0.6) is 17.2 Å². The number of methoxy groups -OCH3 is 1. The number of hydrazine groups is 1. The van der Waals surface area contributed by atoms with E-state index in [1.807, 2.05) is 6.92 Å². The van der Waals surface area contributed by atoms with Crippen LogP contribution in [-0.4, -0.2) is 37.2 Å². The van der Waals surface area contributed by atoms with Crippen molar-refractivity contribution in [1.82, 2.24) is 16.2 Å². The molecule has 1 aromatic carbocycles. The van der Waals surface area contributed by atoms with Gasteiger partial charge in [-0.15, -0.1) is 0 Å². The maximum Gasteiger partial charge on any atom is 0.259 e. The van der Waals surface area contributed by atoms with Crippen molar-refractivity contribution in [3.05, 3.63) is 29.5 Å². The van der Waals surface area contributed by atoms with E-state index in [0.29, 0.717) is 12.0 Å². The molecule has 1 atom stereocenters. The van der Waals surface area contributed by atoms with Gasteiger partial charge in [0.1, 0.15) is 23.4 Å². The van der Waals surface area contributed by atoms with E-state index in [1.165, 1.54) is 19.2 Å². The van der Waals surface area contributed by atoms with Crippen LogP contribution >= 0.6 is 0 Å². The Kier molecular flexibility index (Phi) is 4.84. The molecule has 0 bridgehead atoms. The van der Waals surface area contributed by atoms with E-state index in [2.05, 4.69) is 16.2 Å². The van der Waals surface area contributed by atoms with E-state index in [1.54, 1.807) is 6.08 Å². The lowest BCUT2D eigenvalue weighted by Gasteiger charge is -2.14. The standard InChI is InChI=1S/C14H17N3O5/c1-8-3-13(17-16-8)15-14(20)7-22-12-5-9(21-2)4-11(19)10(12)6-18/h3-6,13,16-17,19H,7H2,1-2H3,(H,15,20). The van der Waals surface area contributed by atoms with Gasteiger partial charge in [0.15, 0.2) is 12.9 Å². The van der Waals surface area contributed by atoms with E-state index in [-0.39, 0.29) is 35.7 Å². The number of nitrogens with one attached hydrogen (secondary N) is 3. The van der Waals surface area contributed by atoms with Gasteiger partial charge in [-0.1, -0.05) is 0 Å². The Morgan fingerprint density at radius 2 is 2.27 bits per heavy atom. The number of ether oxygens (including phenoxy) is 2. The quantitative estimate of drug-likeness (QED) is 0.550. The summed E-state index contributed by atoms with van der Waals surface area (Å²) < 4.78 is 10.3. The molecular weight excluding hydrogens is 290 g/mol. The van der Waals surface area contributed by atoms with Crippen LogP contribution in [0.2, 0.25) is 0 Å². The minimum absolute atomic E-state index is 0.0370. The van der Waals surface area contributed by atoms with Crippen LogP contribution in [0.25, 0.3) is 0 Å². The molecule has 0 saturated heterocycles. The lowest BCUT2D eigenvalue weighted by molar-refractivity contribution is -0.123. The van der Waals surface area contributed by atoms with Gasteiger partial charge in [0.2, 0.25) is 0 Å². The van der Waals surface area contributed by atoms with E-state index < -0.39 is 0 Å². The molecule has 0 spiro atoms. The molecule has 0 aliphatic carbocycles. The predicted molar refractivity (Wildman–Crippen MR) is 77.5 cm³/mol. The maximum atomic E-state index is 11.8. The van der Waals surface area contributed by atoms with Crippen molar-refractivity contribution in [2.24, 2.45) is 0 Å². The molecule has 1 unspecified atom stereocenters. The van der Waals surface area contributed by atoms with Gasteiger partial charge >= 0.3 is 0 Å². The second kappa shape index (κ2) is 6.81. The molecule has 1 aliphatic rings. The van der Waals surface area contributed by atoms with Gasteiger partial charge in [0.05, 0.1) is 12.7 Å². The highest BCUT2D eigenvalue weighted by Crippen LogP contribution is 2.31. The molecule has 0 fully saturated rings. The Morgan fingerprint density at radius 1 is 1.50 bits per heavy atom. The highest BCUT2D eigenvalue weighted by molar-refractivity contribution is 5.85. The zero-order valence-corrected chi connectivity index (χ0v) is 12.2. The summed E-state index contributed by atoms with van der Waals surface area (Å²) >= 11 is 0. The number of carbonyl (C=O) groups excluding carboxylic acids is 2. The fourth-order valence-electron chi connectivity index (χ4n) is 1.90. The van der Waals surface area contributed by atoms with Crippen LogP contribution in [0.1, 0.15) is 17.3 Å². The van der Waals surface area contributed by atoms with E-state index in [4.69, 9.17) is 9.47 Å². The summed E-state index contributed by atoms with van der Waals surface area (Å²) in [6.45, 7) is 1.55. The Morgan fingerprint density at radius 3 is 2.86 bits per heavy atom. The maximum absolute atomic E-state index is 11.8. The summed E-state index contributed by atoms with van der Waals surface area (Å²) in [5.41, 5.74) is 6.55. The average Bonchev–Trinajstić information content (AvgIpc) is 2.89. The first-order chi connectivity index (χ1) is 10.5. The number of carbonyl (C=O) groups is 2. The predicted octanol–water partition coefficient (Wildman–Crippen LogP) is 0.0460. The van der Waals surface area contributed by atoms with Crippen molar-refractivity contribution in [3.63, 3.8) is 0 Å². The third-order valence-corrected chi connectivity index (χ3v) is 2.96. The minimum atomic E-state index is -0.385. The largest absolute Gasteiger partial charge is 0.507 e. The Balaban J connectivity index is 2.00. The van der Waals surface area contributed by atoms with Crippen LogP contribution < -0.4 is 25.6 Å². The Bertz CT molecular complexity index is 615. The fourth-order valence-corrected chi connectivity index (χ4v) is 1.90. The van der Waals surface area contributed by atoms with Crippen molar-refractivity contribution in [1.29, 1.82) is 0 Å². The molecule has 118 valence electrons. The SMILES string of the molecule is COc1cc(O)c(C=O)c(OCC(=O)NC2C=C(C)NN2)c1. The van der Waals surface area contributed by atoms with E-state index in [9.17, 15) is 14.7 Å². The second-order valence-electron chi connectivity index (χ2n) is 4.63. The van der Waals surface area contributed by atoms with Gasteiger partial charge in [0, 0.05) is 17.8 Å². The van der Waals surface area contributed by atoms with Crippen molar-refractivity contribution >= 4 is 12.2 Å². The van der Waals surface area contributed by atoms with Gasteiger partial charge in [-0.2, -0.15) is 0 Å². The zero-order valence-electron chi connectivity index (χ0n) is 12.2. The molecular formula is C14H17N3O5. The molecule has 0 aromatic heterocycles. The molecule has 1 amide bonds. The summed E-state index contributed by atoms with van der Waals surface area (Å²) in [6.07, 6.45) is 1.92. The Hall–Kier alpha value is -2.74. The van der Waals surface area contributed by atoms with Gasteiger partial charge in [-0.05, 0) is 13.0 Å². The van der Waals surface area contributed by atoms with E-state index in [0.717, 1.165) is 5.70 Å². The highest BCUT2D eigenvalue weighted by Gasteiger charge is 2.16. The monoisotopic (exact) mass is 307 g/mol. The molecule has 0 radical (unpaired) electrons. The number of hydrogen-bond acceptors (Lipinski definition) is 7. The topological polar surface area (TPSA) is 109 Å². The summed E-state index contributed by atoms with van der Waals surface area (Å²) in [5, 5.41) is 12.4. The molecule has 4 N–H and O–H groups in total. The molecule has 22 heavy (non-hydrogen) atoms. The first-order valence-electron chi connectivity index (χ1n) is 6.51. The number of rotatable bonds is 6. The third kappa shape index (κ3) is 3.67. The fraction of sp³-hybridized carbons (Fsp3) is 0.286. The number of amides is 1. The first kappa shape index (κ1) is 15.6. The number of aldehydes is 1. The molecule has 1 heterocycles. The third-order valence-electron chi connectivity index (χ3n) is 2.96. The molecule has 8 heteroatoms. The van der Waals surface area contributed by atoms with Gasteiger partial charge in [-0.3, -0.25) is 9.59 Å². The number of benzene rings is 1. The number of phenolic OH excluding ortho intramolecular Hbond substituents is 1. The summed E-state index contributed by atoms with van der Waals surface area (Å²) in [5.74, 6) is -0.265. The van der Waals surface area contributed by atoms with Crippen molar-refractivity contribution in [2.75, 3.05) is 13.7 Å². The second-order valence-corrected chi connectivity index (χ2v) is 4.63. The smallest absolute Gasteiger partial charge is 0.259 e. The zero-order chi connectivity index (χ0) is 16.1. The molecule has 1 aliphatic heterocycles. The first-order valence-corrected chi connectivity index (χ1v) is 6.51. The van der Waals surface area contributed by atoms with Crippen LogP contribution in [-0.2, 0) is 4.79 Å². The van der Waals surface area contributed by atoms with Crippen molar-refractivity contribution < 1.29 is 24.2 Å². The molecule has 2 rings (SSSR count). The molecule has 1 aromatic rings. The van der Waals surface area contributed by atoms with Crippen LogP contribution in [0.4, 0.5) is 0 Å². The normalized spacial score (nSPS) is 16.5. The number of aromatic hydroxyl groups is 1. The molecule has 0 saturated carbocycles. The van der Waals surface area contributed by atoms with Crippen molar-refractivity contribution in [3.8, 4) is 17.2 Å². The lowest BCUT2D eigenvalue weighted by atomic mass is 10.2. The van der Waals surface area contributed by atoms with Crippen molar-refractivity contribution in [2.45, 2.75) is 13.1 Å². The number of phenols is 1.